The van der Waals surface area contributed by atoms with Crippen LogP contribution in [-0.2, 0) is 16.6 Å². The van der Waals surface area contributed by atoms with Gasteiger partial charge in [-0.05, 0) is 43.6 Å². The Kier molecular flexibility index (Phi) is 3.98. The minimum atomic E-state index is -3.06. The molecule has 128 valence electrons. The van der Waals surface area contributed by atoms with Crippen LogP contribution in [0.1, 0.15) is 25.7 Å². The van der Waals surface area contributed by atoms with Crippen LogP contribution in [0, 0.1) is 11.8 Å². The summed E-state index contributed by atoms with van der Waals surface area (Å²) in [6, 6.07) is 3.01. The van der Waals surface area contributed by atoms with Crippen LogP contribution in [0.2, 0.25) is 0 Å². The highest BCUT2D eigenvalue weighted by Crippen LogP contribution is 2.40. The normalized spacial score (nSPS) is 33.0. The summed E-state index contributed by atoms with van der Waals surface area (Å²) in [5, 5.41) is 4.36. The minimum Gasteiger partial charge on any atom is -0.295 e. The van der Waals surface area contributed by atoms with Crippen molar-refractivity contribution in [3.8, 4) is 0 Å². The quantitative estimate of drug-likeness (QED) is 0.804. The zero-order valence-corrected chi connectivity index (χ0v) is 14.5. The molecule has 3 atom stereocenters. The molecule has 2 saturated heterocycles. The Balaban J connectivity index is 1.50. The highest BCUT2D eigenvalue weighted by molar-refractivity contribution is 7.88. The molecular formula is C16H26N4O2S. The molecule has 1 aliphatic carbocycles. The topological polar surface area (TPSA) is 58.4 Å². The number of fused-ring (bicyclic) bond motifs is 1. The lowest BCUT2D eigenvalue weighted by Gasteiger charge is -2.37. The molecule has 0 spiro atoms. The predicted molar refractivity (Wildman–Crippen MR) is 88.4 cm³/mol. The van der Waals surface area contributed by atoms with Gasteiger partial charge in [-0.3, -0.25) is 9.58 Å². The van der Waals surface area contributed by atoms with E-state index in [-0.39, 0.29) is 0 Å². The van der Waals surface area contributed by atoms with Crippen molar-refractivity contribution >= 4 is 10.0 Å². The van der Waals surface area contributed by atoms with Crippen LogP contribution in [0.3, 0.4) is 0 Å². The van der Waals surface area contributed by atoms with E-state index in [9.17, 15) is 8.42 Å². The van der Waals surface area contributed by atoms with E-state index in [1.165, 1.54) is 25.6 Å². The summed E-state index contributed by atoms with van der Waals surface area (Å²) in [5.74, 6) is 1.33. The first kappa shape index (κ1) is 15.6. The molecule has 0 aromatic carbocycles. The van der Waals surface area contributed by atoms with Gasteiger partial charge in [-0.2, -0.15) is 5.10 Å². The fourth-order valence-corrected chi connectivity index (χ4v) is 5.30. The summed E-state index contributed by atoms with van der Waals surface area (Å²) >= 11 is 0. The molecule has 3 fully saturated rings. The largest absolute Gasteiger partial charge is 0.295 e. The van der Waals surface area contributed by atoms with Crippen molar-refractivity contribution in [3.63, 3.8) is 0 Å². The van der Waals surface area contributed by atoms with Crippen LogP contribution in [-0.4, -0.2) is 65.4 Å². The molecule has 0 amide bonds. The highest BCUT2D eigenvalue weighted by atomic mass is 32.2. The maximum Gasteiger partial charge on any atom is 0.211 e. The average Bonchev–Trinajstić information content (AvgIpc) is 3.04. The average molecular weight is 338 g/mol. The van der Waals surface area contributed by atoms with Gasteiger partial charge in [-0.1, -0.05) is 0 Å². The molecule has 3 aliphatic rings. The molecule has 0 unspecified atom stereocenters. The van der Waals surface area contributed by atoms with Crippen molar-refractivity contribution in [2.75, 3.05) is 25.9 Å². The standard InChI is InChI=1S/C16H26N4O2S/c1-23(21,22)19-8-5-16-14(11-19)9-15(12-18-7-2-6-17-18)20(16)10-13-3-4-13/h2,6-7,13-16H,3-5,8-12H2,1H3/t14-,15+,16+/m1/s1. The fraction of sp³-hybridized carbons (Fsp3) is 0.812. The van der Waals surface area contributed by atoms with E-state index in [4.69, 9.17) is 0 Å². The number of hydrogen-bond acceptors (Lipinski definition) is 4. The van der Waals surface area contributed by atoms with Gasteiger partial charge in [-0.15, -0.1) is 0 Å². The number of piperidine rings is 1. The van der Waals surface area contributed by atoms with E-state index in [0.29, 0.717) is 31.1 Å². The third-order valence-electron chi connectivity index (χ3n) is 5.72. The summed E-state index contributed by atoms with van der Waals surface area (Å²) in [7, 11) is -3.06. The Morgan fingerprint density at radius 3 is 2.70 bits per heavy atom. The van der Waals surface area contributed by atoms with Gasteiger partial charge in [0.15, 0.2) is 0 Å². The van der Waals surface area contributed by atoms with E-state index in [1.54, 1.807) is 4.31 Å². The molecule has 1 aromatic heterocycles. The van der Waals surface area contributed by atoms with E-state index in [1.807, 2.05) is 23.1 Å². The van der Waals surface area contributed by atoms with Gasteiger partial charge in [0.05, 0.1) is 12.8 Å². The number of rotatable bonds is 5. The van der Waals surface area contributed by atoms with Crippen molar-refractivity contribution in [2.45, 2.75) is 44.3 Å². The first-order chi connectivity index (χ1) is 11.0. The van der Waals surface area contributed by atoms with Gasteiger partial charge in [0, 0.05) is 44.1 Å². The lowest BCUT2D eigenvalue weighted by molar-refractivity contribution is 0.121. The van der Waals surface area contributed by atoms with E-state index < -0.39 is 10.0 Å². The number of aromatic nitrogens is 2. The lowest BCUT2D eigenvalue weighted by atomic mass is 9.93. The second-order valence-corrected chi connectivity index (χ2v) is 9.48. The van der Waals surface area contributed by atoms with Crippen LogP contribution in [0.15, 0.2) is 18.5 Å². The van der Waals surface area contributed by atoms with Crippen molar-refractivity contribution < 1.29 is 8.42 Å². The van der Waals surface area contributed by atoms with Crippen molar-refractivity contribution in [1.82, 2.24) is 19.0 Å². The summed E-state index contributed by atoms with van der Waals surface area (Å²) in [6.45, 7) is 3.48. The van der Waals surface area contributed by atoms with Gasteiger partial charge in [0.25, 0.3) is 0 Å². The molecular weight excluding hydrogens is 312 g/mol. The van der Waals surface area contributed by atoms with E-state index in [0.717, 1.165) is 25.3 Å². The zero-order valence-electron chi connectivity index (χ0n) is 13.7. The van der Waals surface area contributed by atoms with Crippen molar-refractivity contribution in [3.05, 3.63) is 18.5 Å². The third-order valence-corrected chi connectivity index (χ3v) is 6.99. The summed E-state index contributed by atoms with van der Waals surface area (Å²) < 4.78 is 27.5. The van der Waals surface area contributed by atoms with Gasteiger partial charge in [0.2, 0.25) is 10.0 Å². The molecule has 0 N–H and O–H groups in total. The molecule has 7 heteroatoms. The van der Waals surface area contributed by atoms with Crippen molar-refractivity contribution in [2.24, 2.45) is 11.8 Å². The molecule has 0 radical (unpaired) electrons. The Morgan fingerprint density at radius 2 is 2.04 bits per heavy atom. The SMILES string of the molecule is CS(=O)(=O)N1CC[C@H]2[C@H](C[C@@H](Cn3cccn3)N2CC2CC2)C1. The minimum absolute atomic E-state index is 0.470. The number of sulfonamides is 1. The fourth-order valence-electron chi connectivity index (χ4n) is 4.40. The summed E-state index contributed by atoms with van der Waals surface area (Å²) in [6.07, 6.45) is 9.98. The Morgan fingerprint density at radius 1 is 1.22 bits per heavy atom. The van der Waals surface area contributed by atoms with Crippen LogP contribution in [0.4, 0.5) is 0 Å². The molecule has 4 rings (SSSR count). The lowest BCUT2D eigenvalue weighted by Crippen LogP contribution is -2.49. The first-order valence-corrected chi connectivity index (χ1v) is 10.5. The molecule has 1 saturated carbocycles. The van der Waals surface area contributed by atoms with Crippen molar-refractivity contribution in [1.29, 1.82) is 0 Å². The number of nitrogens with zero attached hydrogens (tertiary/aromatic N) is 4. The highest BCUT2D eigenvalue weighted by Gasteiger charge is 2.46. The van der Waals surface area contributed by atoms with Gasteiger partial charge in [0.1, 0.15) is 0 Å². The van der Waals surface area contributed by atoms with Crippen LogP contribution in [0.5, 0.6) is 0 Å². The second-order valence-electron chi connectivity index (χ2n) is 7.49. The smallest absolute Gasteiger partial charge is 0.211 e. The second kappa shape index (κ2) is 5.86. The maximum atomic E-state index is 11.9. The Labute approximate surface area is 138 Å². The number of hydrogen-bond donors (Lipinski definition) is 0. The van der Waals surface area contributed by atoms with E-state index >= 15 is 0 Å². The van der Waals surface area contributed by atoms with Gasteiger partial charge in [-0.25, -0.2) is 12.7 Å². The molecule has 1 aromatic rings. The summed E-state index contributed by atoms with van der Waals surface area (Å²) in [5.41, 5.74) is 0. The van der Waals surface area contributed by atoms with Gasteiger partial charge < -0.3 is 0 Å². The van der Waals surface area contributed by atoms with Crippen LogP contribution < -0.4 is 0 Å². The first-order valence-electron chi connectivity index (χ1n) is 8.69. The Hall–Kier alpha value is -0.920. The third kappa shape index (κ3) is 3.32. The van der Waals surface area contributed by atoms with Gasteiger partial charge >= 0.3 is 0 Å². The maximum absolute atomic E-state index is 11.9. The summed E-state index contributed by atoms with van der Waals surface area (Å²) in [4.78, 5) is 2.68. The van der Waals surface area contributed by atoms with Crippen LogP contribution >= 0.6 is 0 Å². The number of likely N-dealkylation sites (tertiary alicyclic amines) is 1. The molecule has 6 nitrogen and oxygen atoms in total. The van der Waals surface area contributed by atoms with E-state index in [2.05, 4.69) is 10.00 Å². The van der Waals surface area contributed by atoms with Crippen LogP contribution in [0.25, 0.3) is 0 Å². The predicted octanol–water partition coefficient (Wildman–Crippen LogP) is 1.02. The zero-order chi connectivity index (χ0) is 16.0. The monoisotopic (exact) mass is 338 g/mol. The molecule has 3 heterocycles. The molecule has 2 aliphatic heterocycles. The molecule has 0 bridgehead atoms. The Bertz CT molecular complexity index is 641. The molecule has 23 heavy (non-hydrogen) atoms.